The van der Waals surface area contributed by atoms with Crippen LogP contribution in [-0.4, -0.2) is 77.6 Å². The van der Waals surface area contributed by atoms with Gasteiger partial charge in [-0.15, -0.1) is 0 Å². The fourth-order valence-corrected chi connectivity index (χ4v) is 4.20. The van der Waals surface area contributed by atoms with Gasteiger partial charge in [0, 0.05) is 25.3 Å². The number of hydrogen-bond acceptors (Lipinski definition) is 7. The van der Waals surface area contributed by atoms with Gasteiger partial charge in [0.15, 0.2) is 11.5 Å². The second kappa shape index (κ2) is 11.3. The van der Waals surface area contributed by atoms with Crippen molar-refractivity contribution in [3.63, 3.8) is 0 Å². The maximum atomic E-state index is 15.0. The van der Waals surface area contributed by atoms with Crippen LogP contribution < -0.4 is 20.4 Å². The standard InChI is InChI=1S/C22H27FN8O2.C2H6/c1-14-2-4-15(5-3-14)26-22(32)27-17-6-7-31(12-16(17)23)21-28-18-19(29-21)24-13-25-20(18)30-8-10-33-11-9-30;1-2/h2-5,13,16-17H,6-12H2,1H3,(H2,26,27,32)(H,24,25,28,29);1-2H3. The molecule has 0 saturated carbocycles. The molecule has 0 aliphatic carbocycles. The highest BCUT2D eigenvalue weighted by Crippen LogP contribution is 2.26. The van der Waals surface area contributed by atoms with Gasteiger partial charge in [-0.25, -0.2) is 19.2 Å². The van der Waals surface area contributed by atoms with Gasteiger partial charge in [0.2, 0.25) is 5.95 Å². The van der Waals surface area contributed by atoms with Crippen molar-refractivity contribution in [1.29, 1.82) is 0 Å². The van der Waals surface area contributed by atoms with Crippen molar-refractivity contribution in [1.82, 2.24) is 25.3 Å². The molecule has 188 valence electrons. The summed E-state index contributed by atoms with van der Waals surface area (Å²) >= 11 is 0. The van der Waals surface area contributed by atoms with Crippen LogP contribution in [-0.2, 0) is 4.74 Å². The van der Waals surface area contributed by atoms with E-state index in [0.717, 1.165) is 30.0 Å². The molecule has 10 nitrogen and oxygen atoms in total. The molecule has 2 amide bonds. The second-order valence-corrected chi connectivity index (χ2v) is 8.38. The smallest absolute Gasteiger partial charge is 0.319 e. The number of carbonyl (C=O) groups is 1. The predicted octanol–water partition coefficient (Wildman–Crippen LogP) is 3.26. The van der Waals surface area contributed by atoms with E-state index < -0.39 is 18.2 Å². The van der Waals surface area contributed by atoms with Crippen LogP contribution in [0.5, 0.6) is 0 Å². The minimum atomic E-state index is -1.24. The number of amides is 2. The van der Waals surface area contributed by atoms with Gasteiger partial charge in [-0.05, 0) is 25.5 Å². The molecule has 5 rings (SSSR count). The lowest BCUT2D eigenvalue weighted by Gasteiger charge is -2.34. The van der Waals surface area contributed by atoms with E-state index >= 15 is 0 Å². The van der Waals surface area contributed by atoms with Gasteiger partial charge < -0.3 is 30.2 Å². The predicted molar refractivity (Wildman–Crippen MR) is 135 cm³/mol. The van der Waals surface area contributed by atoms with Gasteiger partial charge in [-0.2, -0.15) is 4.98 Å². The topological polar surface area (TPSA) is 111 Å². The molecule has 11 heteroatoms. The lowest BCUT2D eigenvalue weighted by molar-refractivity contribution is 0.122. The molecule has 0 radical (unpaired) electrons. The normalized spacial score (nSPS) is 20.2. The quantitative estimate of drug-likeness (QED) is 0.521. The molecule has 2 unspecified atom stereocenters. The summed E-state index contributed by atoms with van der Waals surface area (Å²) in [4.78, 5) is 32.9. The summed E-state index contributed by atoms with van der Waals surface area (Å²) in [6, 6.07) is 6.48. The third kappa shape index (κ3) is 5.79. The van der Waals surface area contributed by atoms with Crippen molar-refractivity contribution in [3.05, 3.63) is 36.2 Å². The van der Waals surface area contributed by atoms with Crippen LogP contribution in [0.4, 0.5) is 26.6 Å². The molecule has 2 aliphatic heterocycles. The summed E-state index contributed by atoms with van der Waals surface area (Å²) in [5.74, 6) is 1.34. The van der Waals surface area contributed by atoms with Crippen LogP contribution >= 0.6 is 0 Å². The number of alkyl halides is 1. The number of aromatic amines is 1. The van der Waals surface area contributed by atoms with E-state index in [1.807, 2.05) is 49.9 Å². The molecule has 0 bridgehead atoms. The van der Waals surface area contributed by atoms with Crippen LogP contribution in [0.25, 0.3) is 11.2 Å². The van der Waals surface area contributed by atoms with E-state index in [0.29, 0.717) is 43.5 Å². The summed E-state index contributed by atoms with van der Waals surface area (Å²) in [7, 11) is 0. The number of piperidine rings is 1. The summed E-state index contributed by atoms with van der Waals surface area (Å²) in [6.45, 7) is 9.43. The van der Waals surface area contributed by atoms with E-state index in [4.69, 9.17) is 4.74 Å². The van der Waals surface area contributed by atoms with Crippen LogP contribution in [0, 0.1) is 6.92 Å². The van der Waals surface area contributed by atoms with Gasteiger partial charge in [0.1, 0.15) is 18.0 Å². The van der Waals surface area contributed by atoms with Crippen LogP contribution in [0.2, 0.25) is 0 Å². The SMILES string of the molecule is CC.Cc1ccc(NC(=O)NC2CCN(c3nc4ncnc(N5CCOCC5)c4[nH]3)CC2F)cc1. The third-order valence-electron chi connectivity index (χ3n) is 6.03. The number of halogens is 1. The van der Waals surface area contributed by atoms with Crippen LogP contribution in [0.15, 0.2) is 30.6 Å². The van der Waals surface area contributed by atoms with Crippen molar-refractivity contribution in [2.75, 3.05) is 54.5 Å². The maximum Gasteiger partial charge on any atom is 0.319 e. The minimum Gasteiger partial charge on any atom is -0.378 e. The van der Waals surface area contributed by atoms with Crippen molar-refractivity contribution in [2.24, 2.45) is 0 Å². The van der Waals surface area contributed by atoms with Gasteiger partial charge in [0.05, 0.1) is 25.8 Å². The first kappa shape index (κ1) is 24.6. The van der Waals surface area contributed by atoms with E-state index in [9.17, 15) is 9.18 Å². The molecule has 35 heavy (non-hydrogen) atoms. The first-order valence-corrected chi connectivity index (χ1v) is 12.1. The summed E-state index contributed by atoms with van der Waals surface area (Å²) in [5.41, 5.74) is 3.06. The van der Waals surface area contributed by atoms with E-state index in [1.165, 1.54) is 6.33 Å². The highest BCUT2D eigenvalue weighted by molar-refractivity contribution is 5.89. The molecule has 1 aromatic carbocycles. The first-order valence-electron chi connectivity index (χ1n) is 12.1. The van der Waals surface area contributed by atoms with Gasteiger partial charge in [0.25, 0.3) is 0 Å². The zero-order chi connectivity index (χ0) is 24.8. The number of nitrogens with zero attached hydrogens (tertiary/aromatic N) is 5. The van der Waals surface area contributed by atoms with Gasteiger partial charge >= 0.3 is 6.03 Å². The highest BCUT2D eigenvalue weighted by atomic mass is 19.1. The van der Waals surface area contributed by atoms with Gasteiger partial charge in [-0.1, -0.05) is 31.5 Å². The molecule has 3 aromatic rings. The third-order valence-corrected chi connectivity index (χ3v) is 6.03. The molecular weight excluding hydrogens is 451 g/mol. The Morgan fingerprint density at radius 3 is 2.57 bits per heavy atom. The number of benzene rings is 1. The molecule has 0 spiro atoms. The molecule has 2 atom stereocenters. The zero-order valence-electron chi connectivity index (χ0n) is 20.4. The van der Waals surface area contributed by atoms with Crippen molar-refractivity contribution in [3.8, 4) is 0 Å². The number of anilines is 3. The summed E-state index contributed by atoms with van der Waals surface area (Å²) in [5, 5.41) is 5.52. The Kier molecular flexibility index (Phi) is 7.96. The number of aryl methyl sites for hydroxylation is 1. The van der Waals surface area contributed by atoms with E-state index in [-0.39, 0.29) is 6.54 Å². The number of urea groups is 1. The fraction of sp³-hybridized carbons (Fsp3) is 0.500. The Hall–Kier alpha value is -3.47. The monoisotopic (exact) mass is 484 g/mol. The second-order valence-electron chi connectivity index (χ2n) is 8.38. The number of carbonyl (C=O) groups excluding carboxylic acids is 1. The largest absolute Gasteiger partial charge is 0.378 e. The fourth-order valence-electron chi connectivity index (χ4n) is 4.20. The summed E-state index contributed by atoms with van der Waals surface area (Å²) in [6.07, 6.45) is 0.723. The van der Waals surface area contributed by atoms with Crippen LogP contribution in [0.1, 0.15) is 25.8 Å². The number of imidazole rings is 1. The molecule has 2 aliphatic rings. The average molecular weight is 485 g/mol. The maximum absolute atomic E-state index is 15.0. The Labute approximate surface area is 204 Å². The molecule has 2 fully saturated rings. The number of morpholine rings is 1. The Morgan fingerprint density at radius 1 is 1.11 bits per heavy atom. The molecular formula is C24H33FN8O2. The van der Waals surface area contributed by atoms with E-state index in [1.54, 1.807) is 0 Å². The zero-order valence-corrected chi connectivity index (χ0v) is 20.4. The number of ether oxygens (including phenoxy) is 1. The average Bonchev–Trinajstić information content (AvgIpc) is 3.33. The van der Waals surface area contributed by atoms with Crippen molar-refractivity contribution >= 4 is 34.6 Å². The Morgan fingerprint density at radius 2 is 1.86 bits per heavy atom. The Balaban J connectivity index is 0.00000141. The lowest BCUT2D eigenvalue weighted by atomic mass is 10.0. The molecule has 3 N–H and O–H groups in total. The van der Waals surface area contributed by atoms with Crippen molar-refractivity contribution in [2.45, 2.75) is 39.4 Å². The molecule has 4 heterocycles. The molecule has 2 aromatic heterocycles. The number of nitrogens with one attached hydrogen (secondary N) is 3. The Bertz CT molecular complexity index is 1120. The van der Waals surface area contributed by atoms with Crippen molar-refractivity contribution < 1.29 is 13.9 Å². The van der Waals surface area contributed by atoms with E-state index in [2.05, 4.69) is 35.5 Å². The molecule has 2 saturated heterocycles. The highest BCUT2D eigenvalue weighted by Gasteiger charge is 2.32. The van der Waals surface area contributed by atoms with Crippen LogP contribution in [0.3, 0.4) is 0 Å². The first-order chi connectivity index (χ1) is 17.1. The minimum absolute atomic E-state index is 0.121. The number of hydrogen-bond donors (Lipinski definition) is 3. The summed E-state index contributed by atoms with van der Waals surface area (Å²) < 4.78 is 20.4. The lowest BCUT2D eigenvalue weighted by Crippen LogP contribution is -2.53. The number of H-pyrrole nitrogens is 1. The number of aromatic nitrogens is 4. The number of fused-ring (bicyclic) bond motifs is 1. The van der Waals surface area contributed by atoms with Gasteiger partial charge in [-0.3, -0.25) is 0 Å². The number of rotatable bonds is 4.